The number of amides is 1. The maximum atomic E-state index is 14.3. The smallest absolute Gasteiger partial charge is 0.347 e. The number of hydrogen-bond acceptors (Lipinski definition) is 5. The van der Waals surface area contributed by atoms with Crippen LogP contribution in [0.2, 0.25) is 0 Å². The highest BCUT2D eigenvalue weighted by Gasteiger charge is 2.37. The normalized spacial score (nSPS) is 18.0. The summed E-state index contributed by atoms with van der Waals surface area (Å²) in [5.74, 6) is -0.0740. The summed E-state index contributed by atoms with van der Waals surface area (Å²) in [4.78, 5) is 17.2. The highest BCUT2D eigenvalue weighted by atomic mass is 32.2. The Morgan fingerprint density at radius 1 is 1.05 bits per heavy atom. The molecule has 204 valence electrons. The molecular formula is C26H34F3N3O3S2. The summed E-state index contributed by atoms with van der Waals surface area (Å²) in [6.45, 7) is 4.86. The lowest BCUT2D eigenvalue weighted by atomic mass is 9.85. The van der Waals surface area contributed by atoms with Gasteiger partial charge in [-0.3, -0.25) is 4.79 Å². The predicted octanol–water partition coefficient (Wildman–Crippen LogP) is 6.31. The van der Waals surface area contributed by atoms with Gasteiger partial charge in [-0.25, -0.2) is 18.1 Å². The number of nitrogens with zero attached hydrogens (tertiary/aromatic N) is 1. The molecule has 0 radical (unpaired) electrons. The topological polar surface area (TPSA) is 88.2 Å². The van der Waals surface area contributed by atoms with Gasteiger partial charge in [0, 0.05) is 17.1 Å². The molecular weight excluding hydrogens is 523 g/mol. The lowest BCUT2D eigenvalue weighted by Gasteiger charge is -2.25. The number of rotatable bonds is 7. The van der Waals surface area contributed by atoms with Gasteiger partial charge in [0.2, 0.25) is 10.0 Å². The molecule has 0 atom stereocenters. The second kappa shape index (κ2) is 10.6. The molecule has 2 N–H and O–H groups in total. The number of carbonyl (C=O) groups excluding carboxylic acids is 1. The summed E-state index contributed by atoms with van der Waals surface area (Å²) in [5, 5.41) is 3.07. The van der Waals surface area contributed by atoms with Crippen LogP contribution in [0.4, 0.5) is 13.2 Å². The molecule has 11 heteroatoms. The van der Waals surface area contributed by atoms with Crippen LogP contribution in [0.25, 0.3) is 10.4 Å². The first-order valence-electron chi connectivity index (χ1n) is 12.8. The van der Waals surface area contributed by atoms with Crippen LogP contribution in [-0.2, 0) is 22.6 Å². The van der Waals surface area contributed by atoms with E-state index in [2.05, 4.69) is 15.0 Å². The van der Waals surface area contributed by atoms with Crippen molar-refractivity contribution in [2.75, 3.05) is 0 Å². The zero-order valence-corrected chi connectivity index (χ0v) is 23.0. The van der Waals surface area contributed by atoms with Gasteiger partial charge in [0.05, 0.1) is 21.0 Å². The van der Waals surface area contributed by atoms with Gasteiger partial charge in [-0.2, -0.15) is 13.2 Å². The van der Waals surface area contributed by atoms with E-state index in [4.69, 9.17) is 0 Å². The standard InChI is InChI=1S/C26H34F3N3O3S2/c1-25(2,3)32-37(34,35)18-12-13-19(20(15-18)26(27,28)29)22-21(14-16-8-5-4-6-9-16)31-24(36-22)23(33)30-17-10-7-11-17/h12-13,15-17,32H,4-11,14H2,1-3H3,(H,30,33). The first-order valence-corrected chi connectivity index (χ1v) is 15.1. The summed E-state index contributed by atoms with van der Waals surface area (Å²) in [7, 11) is -4.18. The van der Waals surface area contributed by atoms with Crippen molar-refractivity contribution in [3.8, 4) is 10.4 Å². The summed E-state index contributed by atoms with van der Waals surface area (Å²) in [6.07, 6.45) is 3.73. The molecule has 0 bridgehead atoms. The van der Waals surface area contributed by atoms with E-state index in [-0.39, 0.29) is 27.4 Å². The highest BCUT2D eigenvalue weighted by molar-refractivity contribution is 7.89. The Labute approximate surface area is 220 Å². The van der Waals surface area contributed by atoms with Crippen molar-refractivity contribution in [2.45, 2.75) is 101 Å². The summed E-state index contributed by atoms with van der Waals surface area (Å²) >= 11 is 0.951. The van der Waals surface area contributed by atoms with Crippen molar-refractivity contribution in [1.29, 1.82) is 0 Å². The Hall–Kier alpha value is -1.98. The van der Waals surface area contributed by atoms with Gasteiger partial charge in [-0.1, -0.05) is 38.2 Å². The average Bonchev–Trinajstić information content (AvgIpc) is 3.18. The minimum atomic E-state index is -4.80. The third-order valence-electron chi connectivity index (χ3n) is 6.83. The van der Waals surface area contributed by atoms with Crippen LogP contribution in [0.3, 0.4) is 0 Å². The van der Waals surface area contributed by atoms with Crippen molar-refractivity contribution in [1.82, 2.24) is 15.0 Å². The van der Waals surface area contributed by atoms with Crippen LogP contribution >= 0.6 is 11.3 Å². The molecule has 0 unspecified atom stereocenters. The van der Waals surface area contributed by atoms with Crippen LogP contribution in [0, 0.1) is 5.92 Å². The Balaban J connectivity index is 1.77. The molecule has 2 aromatic rings. The molecule has 1 aromatic carbocycles. The minimum Gasteiger partial charge on any atom is -0.347 e. The number of hydrogen-bond donors (Lipinski definition) is 2. The SMILES string of the molecule is CC(C)(C)NS(=O)(=O)c1ccc(-c2sc(C(=O)NC3CCC3)nc2CC2CCCCC2)c(C(F)(F)F)c1. The molecule has 2 fully saturated rings. The number of thiazole rings is 1. The number of benzene rings is 1. The highest BCUT2D eigenvalue weighted by Crippen LogP contribution is 2.43. The number of halogens is 3. The van der Waals surface area contributed by atoms with E-state index in [1.54, 1.807) is 20.8 Å². The molecule has 0 saturated heterocycles. The largest absolute Gasteiger partial charge is 0.417 e. The zero-order chi connectivity index (χ0) is 27.0. The number of nitrogens with one attached hydrogen (secondary N) is 2. The molecule has 0 spiro atoms. The second-order valence-corrected chi connectivity index (χ2v) is 13.8. The maximum Gasteiger partial charge on any atom is 0.417 e. The molecule has 2 saturated carbocycles. The average molecular weight is 558 g/mol. The maximum absolute atomic E-state index is 14.3. The quantitative estimate of drug-likeness (QED) is 0.418. The Morgan fingerprint density at radius 3 is 2.30 bits per heavy atom. The first-order chi connectivity index (χ1) is 17.2. The van der Waals surface area contributed by atoms with E-state index in [0.29, 0.717) is 24.1 Å². The first kappa shape index (κ1) is 28.0. The van der Waals surface area contributed by atoms with Gasteiger partial charge in [0.25, 0.3) is 5.91 Å². The Morgan fingerprint density at radius 2 is 1.73 bits per heavy atom. The third-order valence-corrected chi connectivity index (χ3v) is 9.72. The molecule has 1 aromatic heterocycles. The van der Waals surface area contributed by atoms with Crippen LogP contribution < -0.4 is 10.0 Å². The molecule has 1 heterocycles. The van der Waals surface area contributed by atoms with Crippen LogP contribution in [0.1, 0.15) is 93.2 Å². The fraction of sp³-hybridized carbons (Fsp3) is 0.615. The summed E-state index contributed by atoms with van der Waals surface area (Å²) in [6, 6.07) is 3.15. The molecule has 37 heavy (non-hydrogen) atoms. The van der Waals surface area contributed by atoms with Crippen molar-refractivity contribution in [3.63, 3.8) is 0 Å². The molecule has 6 nitrogen and oxygen atoms in total. The van der Waals surface area contributed by atoms with Crippen molar-refractivity contribution in [2.24, 2.45) is 5.92 Å². The van der Waals surface area contributed by atoms with Gasteiger partial charge >= 0.3 is 6.18 Å². The lowest BCUT2D eigenvalue weighted by Crippen LogP contribution is -2.40. The number of sulfonamides is 1. The van der Waals surface area contributed by atoms with E-state index in [9.17, 15) is 26.4 Å². The van der Waals surface area contributed by atoms with E-state index < -0.39 is 32.2 Å². The van der Waals surface area contributed by atoms with Gasteiger partial charge in [-0.15, -0.1) is 11.3 Å². The van der Waals surface area contributed by atoms with E-state index >= 15 is 0 Å². The second-order valence-electron chi connectivity index (χ2n) is 11.2. The number of aromatic nitrogens is 1. The van der Waals surface area contributed by atoms with Crippen molar-refractivity contribution < 1.29 is 26.4 Å². The van der Waals surface area contributed by atoms with Gasteiger partial charge in [0.15, 0.2) is 5.01 Å². The molecule has 2 aliphatic rings. The monoisotopic (exact) mass is 557 g/mol. The van der Waals surface area contributed by atoms with E-state index in [1.807, 2.05) is 0 Å². The number of alkyl halides is 3. The fourth-order valence-corrected chi connectivity index (χ4v) is 7.33. The summed E-state index contributed by atoms with van der Waals surface area (Å²) in [5.41, 5.74) is -1.58. The lowest BCUT2D eigenvalue weighted by molar-refractivity contribution is -0.137. The minimum absolute atomic E-state index is 0.0761. The number of carbonyl (C=O) groups is 1. The molecule has 4 rings (SSSR count). The molecule has 1 amide bonds. The fourth-order valence-electron chi connectivity index (χ4n) is 4.85. The Kier molecular flexibility index (Phi) is 8.07. The van der Waals surface area contributed by atoms with Gasteiger partial charge in [0.1, 0.15) is 0 Å². The van der Waals surface area contributed by atoms with Crippen LogP contribution in [0.5, 0.6) is 0 Å². The van der Waals surface area contributed by atoms with Crippen molar-refractivity contribution >= 4 is 27.3 Å². The summed E-state index contributed by atoms with van der Waals surface area (Å²) < 4.78 is 70.9. The van der Waals surface area contributed by atoms with Crippen molar-refractivity contribution in [3.05, 3.63) is 34.5 Å². The molecule has 0 aliphatic heterocycles. The van der Waals surface area contributed by atoms with Crippen LogP contribution in [0.15, 0.2) is 23.1 Å². The van der Waals surface area contributed by atoms with E-state index in [1.165, 1.54) is 12.1 Å². The predicted molar refractivity (Wildman–Crippen MR) is 138 cm³/mol. The third kappa shape index (κ3) is 6.92. The van der Waals surface area contributed by atoms with Crippen LogP contribution in [-0.4, -0.2) is 30.9 Å². The van der Waals surface area contributed by atoms with Gasteiger partial charge in [-0.05, 0) is 64.5 Å². The van der Waals surface area contributed by atoms with Gasteiger partial charge < -0.3 is 5.32 Å². The Bertz CT molecular complexity index is 1240. The molecule has 2 aliphatic carbocycles. The zero-order valence-electron chi connectivity index (χ0n) is 21.4. The van der Waals surface area contributed by atoms with E-state index in [0.717, 1.165) is 62.7 Å².